The smallest absolute Gasteiger partial charge is 0.311 e. The summed E-state index contributed by atoms with van der Waals surface area (Å²) in [5.41, 5.74) is 2.94. The zero-order valence-electron chi connectivity index (χ0n) is 16.9. The molecule has 28 heavy (non-hydrogen) atoms. The lowest BCUT2D eigenvalue weighted by atomic mass is 9.63. The number of esters is 1. The number of ether oxygens (including phenoxy) is 1. The molecule has 0 radical (unpaired) electrons. The van der Waals surface area contributed by atoms with Gasteiger partial charge in [-0.1, -0.05) is 43.2 Å². The second kappa shape index (κ2) is 8.00. The Labute approximate surface area is 165 Å². The number of hydrogen-bond donors (Lipinski definition) is 1. The van der Waals surface area contributed by atoms with Gasteiger partial charge in [-0.2, -0.15) is 0 Å². The van der Waals surface area contributed by atoms with Crippen molar-refractivity contribution in [3.05, 3.63) is 59.7 Å². The molecule has 0 amide bonds. The van der Waals surface area contributed by atoms with Gasteiger partial charge in [-0.05, 0) is 31.4 Å². The maximum Gasteiger partial charge on any atom is 0.311 e. The Kier molecular flexibility index (Phi) is 5.68. The Morgan fingerprint density at radius 3 is 2.57 bits per heavy atom. The van der Waals surface area contributed by atoms with E-state index in [1.165, 1.54) is 23.6 Å². The first-order valence-corrected chi connectivity index (χ1v) is 9.58. The normalized spacial score (nSPS) is 21.9. The third-order valence-corrected chi connectivity index (χ3v) is 5.71. The molecule has 3 rings (SSSR count). The van der Waals surface area contributed by atoms with E-state index in [-0.39, 0.29) is 11.9 Å². The van der Waals surface area contributed by atoms with Crippen molar-refractivity contribution in [1.29, 1.82) is 0 Å². The van der Waals surface area contributed by atoms with E-state index in [0.717, 1.165) is 23.3 Å². The molecular weight excluding hydrogens is 354 g/mol. The van der Waals surface area contributed by atoms with E-state index in [4.69, 9.17) is 4.74 Å². The van der Waals surface area contributed by atoms with E-state index >= 15 is 0 Å². The van der Waals surface area contributed by atoms with Crippen LogP contribution in [0.3, 0.4) is 0 Å². The van der Waals surface area contributed by atoms with Crippen molar-refractivity contribution in [3.63, 3.8) is 0 Å². The van der Waals surface area contributed by atoms with Crippen LogP contribution in [0.25, 0.3) is 5.70 Å². The molecule has 2 heterocycles. The second-order valence-corrected chi connectivity index (χ2v) is 7.32. The lowest BCUT2D eigenvalue weighted by Crippen LogP contribution is -2.53. The van der Waals surface area contributed by atoms with Crippen molar-refractivity contribution in [1.82, 2.24) is 14.9 Å². The van der Waals surface area contributed by atoms with Gasteiger partial charge in [0.2, 0.25) is 5.91 Å². The number of rotatable bonds is 5. The van der Waals surface area contributed by atoms with Crippen LogP contribution in [0, 0.1) is 18.3 Å². The molecule has 6 nitrogen and oxygen atoms in total. The van der Waals surface area contributed by atoms with Gasteiger partial charge in [0.25, 0.3) is 0 Å². The van der Waals surface area contributed by atoms with Crippen LogP contribution in [-0.4, -0.2) is 35.1 Å². The monoisotopic (exact) mass is 381 g/mol. The van der Waals surface area contributed by atoms with Crippen molar-refractivity contribution in [2.24, 2.45) is 11.3 Å². The molecule has 1 aliphatic rings. The van der Waals surface area contributed by atoms with Crippen molar-refractivity contribution in [2.75, 3.05) is 13.7 Å². The summed E-state index contributed by atoms with van der Waals surface area (Å²) in [6.45, 7) is 6.35. The van der Waals surface area contributed by atoms with Gasteiger partial charge in [-0.3, -0.25) is 14.2 Å². The molecule has 0 saturated heterocycles. The first-order chi connectivity index (χ1) is 13.5. The molecule has 0 bridgehead atoms. The summed E-state index contributed by atoms with van der Waals surface area (Å²) in [6, 6.07) is 8.17. The number of aryl methyl sites for hydroxylation is 1. The number of allylic oxidation sites excluding steroid dienone is 1. The zero-order chi connectivity index (χ0) is 20.3. The van der Waals surface area contributed by atoms with Crippen LogP contribution in [0.4, 0.5) is 0 Å². The number of imidazole rings is 1. The van der Waals surface area contributed by atoms with Crippen LogP contribution in [-0.2, 0) is 9.53 Å². The van der Waals surface area contributed by atoms with Gasteiger partial charge < -0.3 is 10.1 Å². The molecule has 2 unspecified atom stereocenters. The molecule has 2 atom stereocenters. The molecule has 148 valence electrons. The number of methoxy groups -OCH3 is 1. The fourth-order valence-corrected chi connectivity index (χ4v) is 4.24. The summed E-state index contributed by atoms with van der Waals surface area (Å²) >= 11 is 0. The highest BCUT2D eigenvalue weighted by atomic mass is 16.5. The SMILES string of the molecule is CCCC1(C(=O)n2ccnc2)C(C)=C(c2ccc(C)cc2)NCC1C(=O)OC. The minimum absolute atomic E-state index is 0.147. The summed E-state index contributed by atoms with van der Waals surface area (Å²) in [6.07, 6.45) is 6.01. The Morgan fingerprint density at radius 2 is 2.00 bits per heavy atom. The van der Waals surface area contributed by atoms with Crippen LogP contribution >= 0.6 is 0 Å². The van der Waals surface area contributed by atoms with Crippen LogP contribution < -0.4 is 5.32 Å². The number of nitrogens with zero attached hydrogens (tertiary/aromatic N) is 2. The first kappa shape index (κ1) is 19.9. The molecule has 0 saturated carbocycles. The highest BCUT2D eigenvalue weighted by molar-refractivity contribution is 5.96. The van der Waals surface area contributed by atoms with Crippen molar-refractivity contribution < 1.29 is 14.3 Å². The van der Waals surface area contributed by atoms with Gasteiger partial charge in [0, 0.05) is 24.6 Å². The zero-order valence-corrected chi connectivity index (χ0v) is 16.9. The first-order valence-electron chi connectivity index (χ1n) is 9.58. The summed E-state index contributed by atoms with van der Waals surface area (Å²) in [7, 11) is 1.37. The van der Waals surface area contributed by atoms with Crippen LogP contribution in [0.2, 0.25) is 0 Å². The standard InChI is InChI=1S/C22H27N3O3/c1-5-10-22(21(27)25-12-11-23-14-25)16(3)19(17-8-6-15(2)7-9-17)24-13-18(22)20(26)28-4/h6-9,11-12,14,18,24H,5,10,13H2,1-4H3. The number of carbonyl (C=O) groups excluding carboxylic acids is 2. The van der Waals surface area contributed by atoms with Crippen LogP contribution in [0.15, 0.2) is 48.6 Å². The van der Waals surface area contributed by atoms with Gasteiger partial charge in [-0.15, -0.1) is 0 Å². The largest absolute Gasteiger partial charge is 0.469 e. The summed E-state index contributed by atoms with van der Waals surface area (Å²) in [5, 5.41) is 3.38. The Morgan fingerprint density at radius 1 is 1.29 bits per heavy atom. The molecule has 1 aromatic heterocycles. The fourth-order valence-electron chi connectivity index (χ4n) is 4.24. The minimum Gasteiger partial charge on any atom is -0.469 e. The molecule has 0 aliphatic carbocycles. The number of carbonyl (C=O) groups is 2. The molecular formula is C22H27N3O3. The van der Waals surface area contributed by atoms with E-state index in [0.29, 0.717) is 13.0 Å². The molecule has 1 aliphatic heterocycles. The van der Waals surface area contributed by atoms with Gasteiger partial charge in [0.1, 0.15) is 6.33 Å². The maximum absolute atomic E-state index is 13.7. The van der Waals surface area contributed by atoms with E-state index in [2.05, 4.69) is 10.3 Å². The van der Waals surface area contributed by atoms with Gasteiger partial charge >= 0.3 is 5.97 Å². The summed E-state index contributed by atoms with van der Waals surface area (Å²) in [5.74, 6) is -1.14. The number of hydrogen-bond acceptors (Lipinski definition) is 5. The predicted octanol–water partition coefficient (Wildman–Crippen LogP) is 3.44. The summed E-state index contributed by atoms with van der Waals surface area (Å²) in [4.78, 5) is 30.4. The van der Waals surface area contributed by atoms with Gasteiger partial charge in [0.05, 0.1) is 18.4 Å². The van der Waals surface area contributed by atoms with Gasteiger partial charge in [-0.25, -0.2) is 4.98 Å². The van der Waals surface area contributed by atoms with Crippen LogP contribution in [0.5, 0.6) is 0 Å². The number of benzene rings is 1. The number of aromatic nitrogens is 2. The second-order valence-electron chi connectivity index (χ2n) is 7.32. The topological polar surface area (TPSA) is 73.2 Å². The van der Waals surface area contributed by atoms with Crippen molar-refractivity contribution in [3.8, 4) is 0 Å². The van der Waals surface area contributed by atoms with Crippen molar-refractivity contribution >= 4 is 17.6 Å². The van der Waals surface area contributed by atoms with Crippen LogP contribution in [0.1, 0.15) is 42.6 Å². The molecule has 0 fully saturated rings. The molecule has 1 aromatic carbocycles. The predicted molar refractivity (Wildman–Crippen MR) is 107 cm³/mol. The van der Waals surface area contributed by atoms with E-state index < -0.39 is 11.3 Å². The average molecular weight is 381 g/mol. The third kappa shape index (κ3) is 3.23. The molecule has 2 aromatic rings. The number of nitrogens with one attached hydrogen (secondary N) is 1. The molecule has 1 N–H and O–H groups in total. The highest BCUT2D eigenvalue weighted by Gasteiger charge is 2.53. The minimum atomic E-state index is -0.992. The Balaban J connectivity index is 2.22. The lowest BCUT2D eigenvalue weighted by Gasteiger charge is -2.43. The summed E-state index contributed by atoms with van der Waals surface area (Å²) < 4.78 is 6.56. The van der Waals surface area contributed by atoms with Gasteiger partial charge in [0.15, 0.2) is 0 Å². The van der Waals surface area contributed by atoms with E-state index in [1.807, 2.05) is 45.0 Å². The third-order valence-electron chi connectivity index (χ3n) is 5.71. The Bertz CT molecular complexity index is 884. The Hall–Kier alpha value is -2.89. The highest BCUT2D eigenvalue weighted by Crippen LogP contribution is 2.47. The van der Waals surface area contributed by atoms with E-state index in [1.54, 1.807) is 12.4 Å². The average Bonchev–Trinajstić information content (AvgIpc) is 3.24. The van der Waals surface area contributed by atoms with E-state index in [9.17, 15) is 9.59 Å². The van der Waals surface area contributed by atoms with Crippen molar-refractivity contribution in [2.45, 2.75) is 33.6 Å². The molecule has 6 heteroatoms. The lowest BCUT2D eigenvalue weighted by molar-refractivity contribution is -0.148. The molecule has 0 spiro atoms. The fraction of sp³-hybridized carbons (Fsp3) is 0.409. The quantitative estimate of drug-likeness (QED) is 0.803. The maximum atomic E-state index is 13.7.